The fourth-order valence-corrected chi connectivity index (χ4v) is 4.24. The largest absolute Gasteiger partial charge is 0.492 e. The van der Waals surface area contributed by atoms with Gasteiger partial charge in [0.1, 0.15) is 5.75 Å². The Balaban J connectivity index is 1.85. The zero-order valence-corrected chi connectivity index (χ0v) is 16.0. The Bertz CT molecular complexity index is 439. The fourth-order valence-electron chi connectivity index (χ4n) is 2.73. The molecule has 1 aliphatic rings. The second-order valence-corrected chi connectivity index (χ2v) is 7.25. The minimum Gasteiger partial charge on any atom is -0.492 e. The van der Waals surface area contributed by atoms with Crippen molar-refractivity contribution in [3.8, 4) is 5.75 Å². The lowest BCUT2D eigenvalue weighted by Gasteiger charge is -2.24. The van der Waals surface area contributed by atoms with E-state index in [1.807, 2.05) is 6.92 Å². The van der Waals surface area contributed by atoms with Crippen molar-refractivity contribution < 1.29 is 4.74 Å². The van der Waals surface area contributed by atoms with Crippen molar-refractivity contribution in [3.63, 3.8) is 0 Å². The van der Waals surface area contributed by atoms with Gasteiger partial charge < -0.3 is 10.1 Å². The molecule has 3 nitrogen and oxygen atoms in total. The monoisotopic (exact) mass is 418 g/mol. The van der Waals surface area contributed by atoms with Gasteiger partial charge in [0, 0.05) is 19.1 Å². The summed E-state index contributed by atoms with van der Waals surface area (Å²) in [6, 6.07) is 4.87. The maximum absolute atomic E-state index is 5.61. The van der Waals surface area contributed by atoms with Gasteiger partial charge in [-0.1, -0.05) is 0 Å². The zero-order valence-electron chi connectivity index (χ0n) is 12.8. The molecule has 0 bridgehead atoms. The van der Waals surface area contributed by atoms with Crippen LogP contribution in [0.1, 0.15) is 32.3 Å². The Morgan fingerprint density at radius 1 is 1.24 bits per heavy atom. The summed E-state index contributed by atoms with van der Waals surface area (Å²) in [5, 5.41) is 3.56. The van der Waals surface area contributed by atoms with Crippen LogP contribution in [0.3, 0.4) is 0 Å². The Hall–Kier alpha value is -0.100. The third-order valence-electron chi connectivity index (χ3n) is 3.88. The van der Waals surface area contributed by atoms with Crippen molar-refractivity contribution in [1.82, 2.24) is 10.2 Å². The van der Waals surface area contributed by atoms with Crippen LogP contribution in [0.4, 0.5) is 0 Å². The molecule has 1 aromatic carbocycles. The molecule has 1 heterocycles. The van der Waals surface area contributed by atoms with E-state index in [1.165, 1.54) is 31.5 Å². The highest BCUT2D eigenvalue weighted by Gasteiger charge is 2.17. The van der Waals surface area contributed by atoms with Gasteiger partial charge in [-0.3, -0.25) is 4.90 Å². The number of ether oxygens (including phenoxy) is 1. The number of benzene rings is 1. The number of hydrogen-bond donors (Lipinski definition) is 1. The van der Waals surface area contributed by atoms with E-state index < -0.39 is 0 Å². The second-order valence-electron chi connectivity index (χ2n) is 5.54. The summed E-state index contributed by atoms with van der Waals surface area (Å²) in [5.41, 5.74) is 1.26. The van der Waals surface area contributed by atoms with Gasteiger partial charge >= 0.3 is 0 Å². The smallest absolute Gasteiger partial charge is 0.147 e. The predicted molar refractivity (Wildman–Crippen MR) is 95.0 cm³/mol. The molecule has 1 unspecified atom stereocenters. The summed E-state index contributed by atoms with van der Waals surface area (Å²) in [5.74, 6) is 0.881. The average molecular weight is 420 g/mol. The lowest BCUT2D eigenvalue weighted by molar-refractivity contribution is 0.251. The quantitative estimate of drug-likeness (QED) is 0.717. The van der Waals surface area contributed by atoms with E-state index in [1.54, 1.807) is 0 Å². The van der Waals surface area contributed by atoms with Crippen molar-refractivity contribution in [3.05, 3.63) is 26.6 Å². The first-order chi connectivity index (χ1) is 10.1. The molecule has 21 heavy (non-hydrogen) atoms. The minimum atomic E-state index is 0.613. The van der Waals surface area contributed by atoms with Crippen LogP contribution in [0.5, 0.6) is 5.75 Å². The van der Waals surface area contributed by atoms with E-state index in [0.717, 1.165) is 27.8 Å². The van der Waals surface area contributed by atoms with Crippen molar-refractivity contribution in [1.29, 1.82) is 0 Å². The van der Waals surface area contributed by atoms with Crippen LogP contribution < -0.4 is 10.1 Å². The number of hydrogen-bond acceptors (Lipinski definition) is 3. The topological polar surface area (TPSA) is 24.5 Å². The average Bonchev–Trinajstić information content (AvgIpc) is 2.97. The van der Waals surface area contributed by atoms with Crippen LogP contribution in [0.15, 0.2) is 21.1 Å². The molecule has 1 aromatic rings. The van der Waals surface area contributed by atoms with Crippen LogP contribution >= 0.6 is 31.9 Å². The van der Waals surface area contributed by atoms with Gasteiger partial charge in [-0.05, 0) is 89.3 Å². The number of nitrogens with zero attached hydrogens (tertiary/aromatic N) is 1. The lowest BCUT2D eigenvalue weighted by atomic mass is 10.2. The summed E-state index contributed by atoms with van der Waals surface area (Å²) in [7, 11) is 0. The van der Waals surface area contributed by atoms with Gasteiger partial charge in [-0.2, -0.15) is 0 Å². The molecule has 0 amide bonds. The van der Waals surface area contributed by atoms with E-state index in [4.69, 9.17) is 4.74 Å². The third kappa shape index (κ3) is 4.95. The first-order valence-corrected chi connectivity index (χ1v) is 9.26. The van der Waals surface area contributed by atoms with Crippen LogP contribution in [0.25, 0.3) is 0 Å². The normalized spacial score (nSPS) is 17.1. The van der Waals surface area contributed by atoms with Crippen LogP contribution in [-0.4, -0.2) is 37.2 Å². The maximum atomic E-state index is 5.61. The number of rotatable bonds is 7. The van der Waals surface area contributed by atoms with Crippen molar-refractivity contribution in [2.45, 2.75) is 39.3 Å². The van der Waals surface area contributed by atoms with Gasteiger partial charge in [0.2, 0.25) is 0 Å². The standard InChI is InChI=1S/C16H24Br2N2O/c1-3-21-16-14(17)8-13(9-15(16)18)11-19-10-12(2)20-6-4-5-7-20/h8-9,12,19H,3-7,10-11H2,1-2H3. The van der Waals surface area contributed by atoms with Crippen LogP contribution in [-0.2, 0) is 6.54 Å². The molecular formula is C16H24Br2N2O. The molecule has 0 spiro atoms. The highest BCUT2D eigenvalue weighted by Crippen LogP contribution is 2.34. The summed E-state index contributed by atoms with van der Waals surface area (Å²) in [4.78, 5) is 2.57. The molecule has 118 valence electrons. The van der Waals surface area contributed by atoms with Gasteiger partial charge in [-0.15, -0.1) is 0 Å². The zero-order chi connectivity index (χ0) is 15.2. The highest BCUT2D eigenvalue weighted by molar-refractivity contribution is 9.11. The number of nitrogens with one attached hydrogen (secondary N) is 1. The first-order valence-electron chi connectivity index (χ1n) is 7.67. The fraction of sp³-hybridized carbons (Fsp3) is 0.625. The summed E-state index contributed by atoms with van der Waals surface area (Å²) < 4.78 is 7.62. The van der Waals surface area contributed by atoms with E-state index >= 15 is 0 Å². The van der Waals surface area contributed by atoms with E-state index in [-0.39, 0.29) is 0 Å². The molecule has 0 aromatic heterocycles. The molecule has 1 aliphatic heterocycles. The number of likely N-dealkylation sites (tertiary alicyclic amines) is 1. The molecule has 5 heteroatoms. The van der Waals surface area contributed by atoms with Crippen molar-refractivity contribution >= 4 is 31.9 Å². The molecule has 0 aliphatic carbocycles. The van der Waals surface area contributed by atoms with Gasteiger partial charge in [-0.25, -0.2) is 0 Å². The van der Waals surface area contributed by atoms with E-state index in [0.29, 0.717) is 12.6 Å². The SMILES string of the molecule is CCOc1c(Br)cc(CNCC(C)N2CCCC2)cc1Br. The molecular weight excluding hydrogens is 396 g/mol. The molecule has 1 N–H and O–H groups in total. The maximum Gasteiger partial charge on any atom is 0.147 e. The molecule has 1 fully saturated rings. The van der Waals surface area contributed by atoms with Gasteiger partial charge in [0.25, 0.3) is 0 Å². The Morgan fingerprint density at radius 3 is 2.43 bits per heavy atom. The Labute approximate surface area is 144 Å². The van der Waals surface area contributed by atoms with Gasteiger partial charge in [0.05, 0.1) is 15.6 Å². The van der Waals surface area contributed by atoms with Crippen LogP contribution in [0, 0.1) is 0 Å². The molecule has 2 rings (SSSR count). The lowest BCUT2D eigenvalue weighted by Crippen LogP contribution is -2.38. The second kappa shape index (κ2) is 8.51. The van der Waals surface area contributed by atoms with E-state index in [2.05, 4.69) is 61.1 Å². The summed E-state index contributed by atoms with van der Waals surface area (Å²) >= 11 is 7.17. The minimum absolute atomic E-state index is 0.613. The summed E-state index contributed by atoms with van der Waals surface area (Å²) in [6.45, 7) is 9.38. The highest BCUT2D eigenvalue weighted by atomic mass is 79.9. The third-order valence-corrected chi connectivity index (χ3v) is 5.06. The molecule has 1 atom stereocenters. The molecule has 0 saturated carbocycles. The Morgan fingerprint density at radius 2 is 1.86 bits per heavy atom. The van der Waals surface area contributed by atoms with Gasteiger partial charge in [0.15, 0.2) is 0 Å². The Kier molecular flexibility index (Phi) is 6.99. The first kappa shape index (κ1) is 17.3. The predicted octanol–water partition coefficient (Wildman–Crippen LogP) is 4.18. The summed E-state index contributed by atoms with van der Waals surface area (Å²) in [6.07, 6.45) is 2.70. The number of halogens is 2. The molecule has 1 saturated heterocycles. The van der Waals surface area contributed by atoms with E-state index in [9.17, 15) is 0 Å². The van der Waals surface area contributed by atoms with Crippen molar-refractivity contribution in [2.75, 3.05) is 26.2 Å². The van der Waals surface area contributed by atoms with Crippen LogP contribution in [0.2, 0.25) is 0 Å². The molecule has 0 radical (unpaired) electrons. The van der Waals surface area contributed by atoms with Crippen molar-refractivity contribution in [2.24, 2.45) is 0 Å².